The van der Waals surface area contributed by atoms with Crippen molar-refractivity contribution in [2.24, 2.45) is 18.3 Å². The maximum Gasteiger partial charge on any atom is 0.0640 e. The van der Waals surface area contributed by atoms with Crippen molar-refractivity contribution in [2.45, 2.75) is 45.1 Å². The Kier molecular flexibility index (Phi) is 3.30. The Morgan fingerprint density at radius 1 is 1.56 bits per heavy atom. The van der Waals surface area contributed by atoms with E-state index in [0.29, 0.717) is 11.5 Å². The second-order valence-electron chi connectivity index (χ2n) is 5.27. The zero-order chi connectivity index (χ0) is 11.6. The van der Waals surface area contributed by atoms with Gasteiger partial charge >= 0.3 is 0 Å². The summed E-state index contributed by atoms with van der Waals surface area (Å²) in [5.74, 6) is 5.71. The van der Waals surface area contributed by atoms with E-state index in [4.69, 9.17) is 5.84 Å². The van der Waals surface area contributed by atoms with Crippen molar-refractivity contribution in [3.8, 4) is 0 Å². The molecule has 0 aliphatic heterocycles. The normalized spacial score (nSPS) is 21.2. The smallest absolute Gasteiger partial charge is 0.0640 e. The van der Waals surface area contributed by atoms with E-state index in [9.17, 15) is 0 Å². The summed E-state index contributed by atoms with van der Waals surface area (Å²) in [7, 11) is 1.95. The van der Waals surface area contributed by atoms with Gasteiger partial charge in [-0.05, 0) is 24.3 Å². The summed E-state index contributed by atoms with van der Waals surface area (Å²) >= 11 is 0. The molecule has 0 bridgehead atoms. The number of aromatic nitrogens is 2. The van der Waals surface area contributed by atoms with Crippen LogP contribution in [-0.2, 0) is 13.5 Å². The molecule has 1 aliphatic carbocycles. The number of nitrogens with one attached hydrogen (secondary N) is 1. The maximum absolute atomic E-state index is 5.71. The molecule has 4 nitrogen and oxygen atoms in total. The Balaban J connectivity index is 2.05. The van der Waals surface area contributed by atoms with E-state index in [1.165, 1.54) is 25.7 Å². The molecule has 1 aliphatic rings. The Morgan fingerprint density at radius 3 is 2.75 bits per heavy atom. The molecule has 1 unspecified atom stereocenters. The molecule has 1 saturated carbocycles. The lowest BCUT2D eigenvalue weighted by atomic mass is 9.79. The second-order valence-corrected chi connectivity index (χ2v) is 5.27. The van der Waals surface area contributed by atoms with E-state index >= 15 is 0 Å². The number of nitrogens with zero attached hydrogens (tertiary/aromatic N) is 2. The van der Waals surface area contributed by atoms with Crippen LogP contribution in [0.25, 0.3) is 0 Å². The van der Waals surface area contributed by atoms with E-state index in [1.54, 1.807) is 0 Å². The molecule has 0 radical (unpaired) electrons. The van der Waals surface area contributed by atoms with Crippen molar-refractivity contribution in [2.75, 3.05) is 0 Å². The van der Waals surface area contributed by atoms with Crippen molar-refractivity contribution in [1.29, 1.82) is 0 Å². The van der Waals surface area contributed by atoms with Crippen LogP contribution in [0, 0.1) is 5.41 Å². The quantitative estimate of drug-likeness (QED) is 0.597. The van der Waals surface area contributed by atoms with E-state index in [2.05, 4.69) is 23.5 Å². The number of hydrogen-bond acceptors (Lipinski definition) is 3. The van der Waals surface area contributed by atoms with Gasteiger partial charge in [0.1, 0.15) is 0 Å². The average molecular weight is 222 g/mol. The van der Waals surface area contributed by atoms with Gasteiger partial charge in [0.05, 0.1) is 5.69 Å². The van der Waals surface area contributed by atoms with Crippen LogP contribution in [0.15, 0.2) is 12.3 Å². The fourth-order valence-electron chi connectivity index (χ4n) is 2.82. The molecular weight excluding hydrogens is 200 g/mol. The van der Waals surface area contributed by atoms with Gasteiger partial charge in [0.15, 0.2) is 0 Å². The summed E-state index contributed by atoms with van der Waals surface area (Å²) in [4.78, 5) is 0. The predicted molar refractivity (Wildman–Crippen MR) is 64.6 cm³/mol. The highest BCUT2D eigenvalue weighted by atomic mass is 15.3. The maximum atomic E-state index is 5.71. The van der Waals surface area contributed by atoms with Gasteiger partial charge in [-0.1, -0.05) is 19.8 Å². The summed E-state index contributed by atoms with van der Waals surface area (Å²) < 4.78 is 1.85. The molecule has 1 aromatic heterocycles. The van der Waals surface area contributed by atoms with E-state index in [-0.39, 0.29) is 0 Å². The first-order chi connectivity index (χ1) is 7.64. The Morgan fingerprint density at radius 2 is 2.25 bits per heavy atom. The topological polar surface area (TPSA) is 55.9 Å². The lowest BCUT2D eigenvalue weighted by molar-refractivity contribution is 0.219. The number of nitrogens with two attached hydrogens (primary N) is 1. The minimum absolute atomic E-state index is 0.338. The number of hydrogen-bond donors (Lipinski definition) is 2. The van der Waals surface area contributed by atoms with E-state index in [1.807, 2.05) is 17.9 Å². The highest BCUT2D eigenvalue weighted by Crippen LogP contribution is 2.41. The van der Waals surface area contributed by atoms with Crippen LogP contribution in [0.4, 0.5) is 0 Å². The van der Waals surface area contributed by atoms with Crippen LogP contribution >= 0.6 is 0 Å². The van der Waals surface area contributed by atoms with Crippen molar-refractivity contribution in [3.05, 3.63) is 18.0 Å². The molecule has 0 saturated heterocycles. The van der Waals surface area contributed by atoms with Crippen LogP contribution in [0.3, 0.4) is 0 Å². The average Bonchev–Trinajstić information content (AvgIpc) is 2.85. The van der Waals surface area contributed by atoms with Gasteiger partial charge in [0.25, 0.3) is 0 Å². The first-order valence-electron chi connectivity index (χ1n) is 6.09. The molecule has 16 heavy (non-hydrogen) atoms. The third-order valence-corrected chi connectivity index (χ3v) is 3.97. The molecule has 90 valence electrons. The van der Waals surface area contributed by atoms with E-state index < -0.39 is 0 Å². The van der Waals surface area contributed by atoms with Crippen molar-refractivity contribution >= 4 is 0 Å². The third kappa shape index (κ3) is 2.28. The lowest BCUT2D eigenvalue weighted by Crippen LogP contribution is -2.47. The first kappa shape index (κ1) is 11.6. The first-order valence-corrected chi connectivity index (χ1v) is 6.09. The van der Waals surface area contributed by atoms with Crippen LogP contribution in [-0.4, -0.2) is 15.8 Å². The fourth-order valence-corrected chi connectivity index (χ4v) is 2.82. The van der Waals surface area contributed by atoms with Crippen LogP contribution in [0.2, 0.25) is 0 Å². The van der Waals surface area contributed by atoms with Crippen LogP contribution < -0.4 is 11.3 Å². The monoisotopic (exact) mass is 222 g/mol. The molecule has 0 spiro atoms. The molecule has 4 heteroatoms. The number of hydrazine groups is 1. The zero-order valence-electron chi connectivity index (χ0n) is 10.2. The highest BCUT2D eigenvalue weighted by Gasteiger charge is 2.36. The summed E-state index contributed by atoms with van der Waals surface area (Å²) in [6.07, 6.45) is 8.12. The van der Waals surface area contributed by atoms with Gasteiger partial charge in [-0.2, -0.15) is 5.10 Å². The Hall–Kier alpha value is -0.870. The van der Waals surface area contributed by atoms with Gasteiger partial charge in [-0.15, -0.1) is 0 Å². The molecule has 3 N–H and O–H groups in total. The third-order valence-electron chi connectivity index (χ3n) is 3.97. The summed E-state index contributed by atoms with van der Waals surface area (Å²) in [6.45, 7) is 2.34. The lowest BCUT2D eigenvalue weighted by Gasteiger charge is -2.33. The second kappa shape index (κ2) is 4.55. The molecule has 1 fully saturated rings. The predicted octanol–water partition coefficient (Wildman–Crippen LogP) is 1.37. The van der Waals surface area contributed by atoms with E-state index in [0.717, 1.165) is 12.1 Å². The fraction of sp³-hybridized carbons (Fsp3) is 0.750. The number of aryl methyl sites for hydroxylation is 1. The number of rotatable bonds is 4. The van der Waals surface area contributed by atoms with Gasteiger partial charge in [0.2, 0.25) is 0 Å². The van der Waals surface area contributed by atoms with Crippen molar-refractivity contribution in [1.82, 2.24) is 15.2 Å². The zero-order valence-corrected chi connectivity index (χ0v) is 10.2. The summed E-state index contributed by atoms with van der Waals surface area (Å²) in [5, 5.41) is 4.42. The van der Waals surface area contributed by atoms with Crippen molar-refractivity contribution in [3.63, 3.8) is 0 Å². The molecule has 2 rings (SSSR count). The van der Waals surface area contributed by atoms with Crippen molar-refractivity contribution < 1.29 is 0 Å². The highest BCUT2D eigenvalue weighted by molar-refractivity contribution is 5.04. The molecule has 0 aromatic carbocycles. The Bertz CT molecular complexity index is 339. The minimum Gasteiger partial charge on any atom is -0.276 e. The van der Waals surface area contributed by atoms with Gasteiger partial charge < -0.3 is 0 Å². The molecule has 0 amide bonds. The molecule has 1 aromatic rings. The van der Waals surface area contributed by atoms with Gasteiger partial charge in [-0.3, -0.25) is 16.0 Å². The van der Waals surface area contributed by atoms with Crippen LogP contribution in [0.5, 0.6) is 0 Å². The molecular formula is C12H22N4. The Labute approximate surface area is 97.2 Å². The molecule has 1 heterocycles. The summed E-state index contributed by atoms with van der Waals surface area (Å²) in [5.41, 5.74) is 4.46. The van der Waals surface area contributed by atoms with Gasteiger partial charge in [-0.25, -0.2) is 0 Å². The molecule has 1 atom stereocenters. The summed E-state index contributed by atoms with van der Waals surface area (Å²) in [6, 6.07) is 2.41. The minimum atomic E-state index is 0.338. The largest absolute Gasteiger partial charge is 0.276 e. The van der Waals surface area contributed by atoms with Crippen LogP contribution in [0.1, 0.15) is 38.3 Å². The SMILES string of the molecule is Cn1ccc(CC(NN)C2(C)CCCC2)n1. The van der Waals surface area contributed by atoms with Gasteiger partial charge in [0, 0.05) is 25.7 Å². The standard InChI is InChI=1S/C12H22N4/c1-12(6-3-4-7-12)11(14-13)9-10-5-8-16(2)15-10/h5,8,11,14H,3-4,6-7,9,13H2,1-2H3.